The molecule has 5 nitrogen and oxygen atoms in total. The van der Waals surface area contributed by atoms with Crippen molar-refractivity contribution in [3.05, 3.63) is 39.9 Å². The molecule has 0 spiro atoms. The second-order valence-corrected chi connectivity index (χ2v) is 7.10. The summed E-state index contributed by atoms with van der Waals surface area (Å²) in [5.41, 5.74) is 2.45. The van der Waals surface area contributed by atoms with Gasteiger partial charge >= 0.3 is 0 Å². The third-order valence-electron chi connectivity index (χ3n) is 4.01. The van der Waals surface area contributed by atoms with Crippen LogP contribution in [0.3, 0.4) is 0 Å². The molecule has 0 N–H and O–H groups in total. The predicted octanol–water partition coefficient (Wildman–Crippen LogP) is 2.64. The molecule has 0 bridgehead atoms. The molecule has 0 saturated carbocycles. The van der Waals surface area contributed by atoms with Crippen molar-refractivity contribution >= 4 is 11.3 Å². The average molecular weight is 317 g/mol. The molecule has 3 heterocycles. The van der Waals surface area contributed by atoms with Gasteiger partial charge < -0.3 is 4.90 Å². The Bertz CT molecular complexity index is 611. The minimum atomic E-state index is 0.389. The quantitative estimate of drug-likeness (QED) is 0.848. The molecule has 3 rings (SSSR count). The van der Waals surface area contributed by atoms with Gasteiger partial charge in [0.15, 0.2) is 0 Å². The number of aryl methyl sites for hydroxylation is 1. The maximum Gasteiger partial charge on any atom is 0.125 e. The normalized spacial score (nSPS) is 19.2. The standard InChI is InChI=1S/C16H23N5S/c1-12-18-9-13(10-20(2)3)16(19-12)14-5-4-7-21(14)11-15-17-6-8-22-15/h6,8-9,14H,4-5,7,10-11H2,1-3H3/t14-/m1/s1. The van der Waals surface area contributed by atoms with Gasteiger partial charge in [0.2, 0.25) is 0 Å². The van der Waals surface area contributed by atoms with Crippen LogP contribution in [-0.4, -0.2) is 45.4 Å². The zero-order valence-electron chi connectivity index (χ0n) is 13.5. The van der Waals surface area contributed by atoms with Gasteiger partial charge in [0.25, 0.3) is 0 Å². The number of thiazole rings is 1. The summed E-state index contributed by atoms with van der Waals surface area (Å²) in [7, 11) is 4.18. The Balaban J connectivity index is 1.86. The molecule has 1 fully saturated rings. The second-order valence-electron chi connectivity index (χ2n) is 6.12. The monoisotopic (exact) mass is 317 g/mol. The van der Waals surface area contributed by atoms with Crippen LogP contribution in [0.2, 0.25) is 0 Å². The highest BCUT2D eigenvalue weighted by molar-refractivity contribution is 7.09. The van der Waals surface area contributed by atoms with Crippen LogP contribution in [0.15, 0.2) is 17.8 Å². The number of likely N-dealkylation sites (tertiary alicyclic amines) is 1. The van der Waals surface area contributed by atoms with Crippen molar-refractivity contribution in [1.82, 2.24) is 24.8 Å². The van der Waals surface area contributed by atoms with Crippen LogP contribution in [0.1, 0.15) is 41.0 Å². The zero-order chi connectivity index (χ0) is 15.5. The Morgan fingerprint density at radius 2 is 2.23 bits per heavy atom. The van der Waals surface area contributed by atoms with Crippen molar-refractivity contribution in [2.75, 3.05) is 20.6 Å². The molecule has 0 radical (unpaired) electrons. The molecule has 1 aliphatic heterocycles. The first-order valence-electron chi connectivity index (χ1n) is 7.73. The van der Waals surface area contributed by atoms with Gasteiger partial charge in [-0.15, -0.1) is 11.3 Å². The number of nitrogens with zero attached hydrogens (tertiary/aromatic N) is 5. The fourth-order valence-electron chi connectivity index (χ4n) is 3.09. The van der Waals surface area contributed by atoms with Gasteiger partial charge in [-0.25, -0.2) is 15.0 Å². The van der Waals surface area contributed by atoms with E-state index in [4.69, 9.17) is 4.98 Å². The SMILES string of the molecule is Cc1ncc(CN(C)C)c([C@H]2CCCN2Cc2nccs2)n1. The van der Waals surface area contributed by atoms with Gasteiger partial charge in [0, 0.05) is 29.9 Å². The molecular weight excluding hydrogens is 294 g/mol. The lowest BCUT2D eigenvalue weighted by molar-refractivity contribution is 0.241. The second kappa shape index (κ2) is 6.81. The van der Waals surface area contributed by atoms with E-state index in [2.05, 4.69) is 33.9 Å². The summed E-state index contributed by atoms with van der Waals surface area (Å²) in [5, 5.41) is 3.24. The van der Waals surface area contributed by atoms with E-state index in [0.717, 1.165) is 25.5 Å². The summed E-state index contributed by atoms with van der Waals surface area (Å²) in [6.45, 7) is 4.90. The molecule has 0 unspecified atom stereocenters. The van der Waals surface area contributed by atoms with E-state index < -0.39 is 0 Å². The predicted molar refractivity (Wildman–Crippen MR) is 88.7 cm³/mol. The van der Waals surface area contributed by atoms with Gasteiger partial charge in [-0.05, 0) is 40.4 Å². The van der Waals surface area contributed by atoms with Gasteiger partial charge in [0.1, 0.15) is 10.8 Å². The Hall–Kier alpha value is -1.37. The van der Waals surface area contributed by atoms with Crippen molar-refractivity contribution < 1.29 is 0 Å². The fourth-order valence-corrected chi connectivity index (χ4v) is 3.73. The van der Waals surface area contributed by atoms with Crippen molar-refractivity contribution in [2.45, 2.75) is 38.9 Å². The van der Waals surface area contributed by atoms with Crippen molar-refractivity contribution in [1.29, 1.82) is 0 Å². The van der Waals surface area contributed by atoms with Crippen molar-refractivity contribution in [2.24, 2.45) is 0 Å². The molecule has 6 heteroatoms. The summed E-state index contributed by atoms with van der Waals surface area (Å²) < 4.78 is 0. The number of hydrogen-bond acceptors (Lipinski definition) is 6. The molecule has 1 atom stereocenters. The first-order chi connectivity index (χ1) is 10.6. The van der Waals surface area contributed by atoms with Crippen molar-refractivity contribution in [3.8, 4) is 0 Å². The van der Waals surface area contributed by atoms with Gasteiger partial charge in [0.05, 0.1) is 18.3 Å². The summed E-state index contributed by atoms with van der Waals surface area (Å²) in [6.07, 6.45) is 6.28. The summed E-state index contributed by atoms with van der Waals surface area (Å²) in [4.78, 5) is 18.3. The van der Waals surface area contributed by atoms with E-state index in [1.165, 1.54) is 29.1 Å². The molecular formula is C16H23N5S. The summed E-state index contributed by atoms with van der Waals surface area (Å²) in [5.74, 6) is 0.860. The lowest BCUT2D eigenvalue weighted by Gasteiger charge is -2.25. The maximum absolute atomic E-state index is 4.79. The highest BCUT2D eigenvalue weighted by Crippen LogP contribution is 2.34. The van der Waals surface area contributed by atoms with Crippen LogP contribution in [0, 0.1) is 6.92 Å². The Morgan fingerprint density at radius 1 is 1.36 bits per heavy atom. The molecule has 118 valence electrons. The zero-order valence-corrected chi connectivity index (χ0v) is 14.3. The van der Waals surface area contributed by atoms with E-state index in [9.17, 15) is 0 Å². The van der Waals surface area contributed by atoms with Gasteiger partial charge in [-0.2, -0.15) is 0 Å². The van der Waals surface area contributed by atoms with Gasteiger partial charge in [-0.3, -0.25) is 4.90 Å². The summed E-state index contributed by atoms with van der Waals surface area (Å²) >= 11 is 1.73. The molecule has 1 saturated heterocycles. The molecule has 0 aromatic carbocycles. The third-order valence-corrected chi connectivity index (χ3v) is 4.77. The van der Waals surface area contributed by atoms with E-state index in [1.54, 1.807) is 11.3 Å². The minimum Gasteiger partial charge on any atom is -0.305 e. The van der Waals surface area contributed by atoms with Crippen LogP contribution in [-0.2, 0) is 13.1 Å². The first-order valence-corrected chi connectivity index (χ1v) is 8.61. The largest absolute Gasteiger partial charge is 0.305 e. The lowest BCUT2D eigenvalue weighted by atomic mass is 10.1. The van der Waals surface area contributed by atoms with Crippen LogP contribution in [0.4, 0.5) is 0 Å². The minimum absolute atomic E-state index is 0.389. The third kappa shape index (κ3) is 3.51. The lowest BCUT2D eigenvalue weighted by Crippen LogP contribution is -2.26. The first kappa shape index (κ1) is 15.5. The van der Waals surface area contributed by atoms with Crippen LogP contribution in [0.5, 0.6) is 0 Å². The fraction of sp³-hybridized carbons (Fsp3) is 0.562. The average Bonchev–Trinajstić information content (AvgIpc) is 3.12. The van der Waals surface area contributed by atoms with Crippen LogP contribution < -0.4 is 0 Å². The topological polar surface area (TPSA) is 45.2 Å². The van der Waals surface area contributed by atoms with Gasteiger partial charge in [-0.1, -0.05) is 0 Å². The van der Waals surface area contributed by atoms with E-state index in [1.807, 2.05) is 24.7 Å². The Morgan fingerprint density at radius 3 is 2.95 bits per heavy atom. The molecule has 1 aliphatic rings. The molecule has 0 aliphatic carbocycles. The van der Waals surface area contributed by atoms with E-state index >= 15 is 0 Å². The highest BCUT2D eigenvalue weighted by atomic mass is 32.1. The Labute approximate surface area is 136 Å². The molecule has 2 aromatic heterocycles. The van der Waals surface area contributed by atoms with Crippen LogP contribution >= 0.6 is 11.3 Å². The molecule has 2 aromatic rings. The summed E-state index contributed by atoms with van der Waals surface area (Å²) in [6, 6.07) is 0.389. The van der Waals surface area contributed by atoms with Crippen molar-refractivity contribution in [3.63, 3.8) is 0 Å². The number of aromatic nitrogens is 3. The molecule has 22 heavy (non-hydrogen) atoms. The maximum atomic E-state index is 4.79. The van der Waals surface area contributed by atoms with E-state index in [-0.39, 0.29) is 0 Å². The number of hydrogen-bond donors (Lipinski definition) is 0. The van der Waals surface area contributed by atoms with Crippen LogP contribution in [0.25, 0.3) is 0 Å². The highest BCUT2D eigenvalue weighted by Gasteiger charge is 2.29. The number of rotatable bonds is 5. The smallest absolute Gasteiger partial charge is 0.125 e. The van der Waals surface area contributed by atoms with E-state index in [0.29, 0.717) is 6.04 Å². The Kier molecular flexibility index (Phi) is 4.81. The molecule has 0 amide bonds.